The van der Waals surface area contributed by atoms with Crippen molar-refractivity contribution in [2.75, 3.05) is 6.54 Å². The van der Waals surface area contributed by atoms with E-state index >= 15 is 0 Å². The van der Waals surface area contributed by atoms with Crippen LogP contribution in [0, 0.1) is 12.3 Å². The van der Waals surface area contributed by atoms with E-state index in [1.165, 1.54) is 0 Å². The number of nitrogens with one attached hydrogen (secondary N) is 1. The molecule has 0 heterocycles. The molecule has 13 heavy (non-hydrogen) atoms. The fraction of sp³-hybridized carbons (Fsp3) is 0.167. The Kier molecular flexibility index (Phi) is 4.04. The van der Waals surface area contributed by atoms with Gasteiger partial charge in [0.15, 0.2) is 0 Å². The summed E-state index contributed by atoms with van der Waals surface area (Å²) < 4.78 is 0. The summed E-state index contributed by atoms with van der Waals surface area (Å²) in [4.78, 5) is 0. The monoisotopic (exact) mass is 170 g/mol. The molecule has 1 unspecified atom stereocenters. The molecule has 0 aliphatic carbocycles. The van der Waals surface area contributed by atoms with E-state index in [-0.39, 0.29) is 6.04 Å². The number of rotatable bonds is 4. The van der Waals surface area contributed by atoms with E-state index in [0.29, 0.717) is 6.54 Å². The van der Waals surface area contributed by atoms with Crippen LogP contribution in [-0.4, -0.2) is 6.54 Å². The van der Waals surface area contributed by atoms with Gasteiger partial charge in [0, 0.05) is 0 Å². The first kappa shape index (κ1) is 9.79. The van der Waals surface area contributed by atoms with Crippen LogP contribution in [0.2, 0.25) is 0 Å². The molecule has 0 amide bonds. The zero-order chi connectivity index (χ0) is 9.52. The minimum absolute atomic E-state index is 0.126. The average Bonchev–Trinajstić information content (AvgIpc) is 2.21. The first-order valence-electron chi connectivity index (χ1n) is 4.20. The van der Waals surface area contributed by atoms with Gasteiger partial charge in [-0.2, -0.15) is 0 Å². The summed E-state index contributed by atoms with van der Waals surface area (Å²) >= 11 is 0. The van der Waals surface area contributed by atoms with Gasteiger partial charge in [-0.25, -0.2) is 0 Å². The molecular weight excluding hydrogens is 158 g/mol. The van der Waals surface area contributed by atoms with Crippen LogP contribution < -0.4 is 5.32 Å². The van der Waals surface area contributed by atoms with E-state index in [1.54, 1.807) is 6.08 Å². The van der Waals surface area contributed by atoms with Gasteiger partial charge in [0.05, 0.1) is 0 Å². The molecule has 1 heteroatoms. The van der Waals surface area contributed by atoms with Gasteiger partial charge in [-0.05, 0) is 0 Å². The summed E-state index contributed by atoms with van der Waals surface area (Å²) in [6, 6.07) is 9.69. The first-order chi connectivity index (χ1) is 6.38. The van der Waals surface area contributed by atoms with Gasteiger partial charge in [0.1, 0.15) is 0 Å². The molecule has 0 saturated carbocycles. The summed E-state index contributed by atoms with van der Waals surface area (Å²) in [6.07, 6.45) is 8.90. The van der Waals surface area contributed by atoms with Crippen LogP contribution in [0.1, 0.15) is 11.6 Å². The van der Waals surface area contributed by atoms with Gasteiger partial charge in [-0.3, -0.25) is 0 Å². The summed E-state index contributed by atoms with van der Waals surface area (Å²) in [5, 5.41) is 3.12. The molecule has 64 valence electrons. The van der Waals surface area contributed by atoms with Gasteiger partial charge in [-0.15, -0.1) is 0 Å². The molecule has 0 saturated heterocycles. The van der Waals surface area contributed by atoms with Crippen molar-refractivity contribution < 1.29 is 0 Å². The van der Waals surface area contributed by atoms with Gasteiger partial charge in [0.2, 0.25) is 0 Å². The van der Waals surface area contributed by atoms with Crippen molar-refractivity contribution in [2.45, 2.75) is 6.04 Å². The van der Waals surface area contributed by atoms with Crippen molar-refractivity contribution in [3.63, 3.8) is 0 Å². The Labute approximate surface area is 79.5 Å². The predicted molar refractivity (Wildman–Crippen MR) is 54.5 cm³/mol. The van der Waals surface area contributed by atoms with Crippen LogP contribution in [0.5, 0.6) is 0 Å². The van der Waals surface area contributed by atoms with Crippen molar-refractivity contribution >= 4 is 0 Å². The van der Waals surface area contributed by atoms with Gasteiger partial charge in [-0.1, -0.05) is 0 Å². The Hall–Kier alpha value is -1.30. The summed E-state index contributed by atoms with van der Waals surface area (Å²) in [6.45, 7) is 4.30. The third-order valence-electron chi connectivity index (χ3n) is 1.74. The Morgan fingerprint density at radius 2 is 2.15 bits per heavy atom. The van der Waals surface area contributed by atoms with Crippen molar-refractivity contribution in [2.24, 2.45) is 0 Å². The molecule has 0 fully saturated rings. The van der Waals surface area contributed by atoms with E-state index in [0.717, 1.165) is 5.56 Å². The molecule has 0 aliphatic rings. The molecule has 0 spiro atoms. The third kappa shape index (κ3) is 2.90. The fourth-order valence-corrected chi connectivity index (χ4v) is 1.10. The molecule has 1 aromatic carbocycles. The Morgan fingerprint density at radius 1 is 1.46 bits per heavy atom. The molecule has 1 N–H and O–H groups in total. The van der Waals surface area contributed by atoms with Gasteiger partial charge in [0.25, 0.3) is 0 Å². The van der Waals surface area contributed by atoms with E-state index in [9.17, 15) is 0 Å². The SMILES string of the molecule is [C+]#CC(NCC=C)c1ccccc1. The Morgan fingerprint density at radius 3 is 2.69 bits per heavy atom. The second-order valence-corrected chi connectivity index (χ2v) is 2.68. The van der Waals surface area contributed by atoms with E-state index < -0.39 is 0 Å². The molecular formula is C12H12N+. The number of hydrogen-bond donors (Lipinski definition) is 1. The topological polar surface area (TPSA) is 12.0 Å². The summed E-state index contributed by atoms with van der Waals surface area (Å²) in [7, 11) is 0. The first-order valence-corrected chi connectivity index (χ1v) is 4.20. The molecule has 1 nitrogen and oxygen atoms in total. The van der Waals surface area contributed by atoms with Crippen LogP contribution in [0.15, 0.2) is 43.0 Å². The second-order valence-electron chi connectivity index (χ2n) is 2.68. The average molecular weight is 170 g/mol. The van der Waals surface area contributed by atoms with E-state index in [4.69, 9.17) is 6.42 Å². The summed E-state index contributed by atoms with van der Waals surface area (Å²) in [5.41, 5.74) is 1.05. The second kappa shape index (κ2) is 5.36. The van der Waals surface area contributed by atoms with Crippen LogP contribution in [0.4, 0.5) is 0 Å². The zero-order valence-electron chi connectivity index (χ0n) is 7.46. The normalized spacial score (nSPS) is 11.8. The maximum absolute atomic E-state index is 7.13. The molecule has 1 atom stereocenters. The standard InChI is InChI=1S/C12H12N/c1-3-10-13-12(4-2)11-8-6-5-7-9-11/h3,5-9,12-13H,1,10H2/q+1. The van der Waals surface area contributed by atoms with Gasteiger partial charge >= 0.3 is 78.8 Å². The van der Waals surface area contributed by atoms with Crippen molar-refractivity contribution in [3.05, 3.63) is 55.0 Å². The Balaban J connectivity index is 2.68. The number of hydrogen-bond acceptors (Lipinski definition) is 1. The molecule has 0 bridgehead atoms. The number of benzene rings is 1. The maximum atomic E-state index is 7.13. The Bertz CT molecular complexity index is 295. The quantitative estimate of drug-likeness (QED) is 0.414. The zero-order valence-corrected chi connectivity index (χ0v) is 7.46. The molecule has 0 aromatic heterocycles. The van der Waals surface area contributed by atoms with Crippen molar-refractivity contribution in [3.8, 4) is 5.92 Å². The van der Waals surface area contributed by atoms with Crippen LogP contribution >= 0.6 is 0 Å². The van der Waals surface area contributed by atoms with Gasteiger partial charge < -0.3 is 0 Å². The van der Waals surface area contributed by atoms with E-state index in [2.05, 4.69) is 17.8 Å². The molecule has 0 radical (unpaired) electrons. The van der Waals surface area contributed by atoms with E-state index in [1.807, 2.05) is 30.3 Å². The minimum atomic E-state index is -0.126. The molecule has 0 aliphatic heterocycles. The summed E-state index contributed by atoms with van der Waals surface area (Å²) in [5.74, 6) is 2.44. The van der Waals surface area contributed by atoms with Crippen LogP contribution in [0.3, 0.4) is 0 Å². The fourth-order valence-electron chi connectivity index (χ4n) is 1.10. The third-order valence-corrected chi connectivity index (χ3v) is 1.74. The molecule has 1 aromatic rings. The predicted octanol–water partition coefficient (Wildman–Crippen LogP) is 2.09. The van der Waals surface area contributed by atoms with Crippen molar-refractivity contribution in [1.29, 1.82) is 0 Å². The van der Waals surface area contributed by atoms with Crippen LogP contribution in [-0.2, 0) is 0 Å². The molecule has 1 rings (SSSR count). The van der Waals surface area contributed by atoms with Crippen molar-refractivity contribution in [1.82, 2.24) is 5.32 Å². The van der Waals surface area contributed by atoms with Crippen LogP contribution in [0.25, 0.3) is 0 Å².